The largest absolute Gasteiger partial charge is 0.375 e. The van der Waals surface area contributed by atoms with Gasteiger partial charge < -0.3 is 9.80 Å². The maximum atomic E-state index is 13.7. The number of benzene rings is 2. The second-order valence-electron chi connectivity index (χ2n) is 5.96. The number of rotatable bonds is 6. The summed E-state index contributed by atoms with van der Waals surface area (Å²) in [5.74, 6) is -0.396. The van der Waals surface area contributed by atoms with Crippen LogP contribution in [-0.2, 0) is 12.1 Å². The Labute approximate surface area is 139 Å². The molecule has 23 heavy (non-hydrogen) atoms. The van der Waals surface area contributed by atoms with Crippen molar-refractivity contribution < 1.29 is 8.78 Å². The van der Waals surface area contributed by atoms with Gasteiger partial charge in [-0.3, -0.25) is 0 Å². The molecule has 0 spiro atoms. The minimum atomic E-state index is -0.198. The molecule has 2 rings (SSSR count). The molecule has 0 heterocycles. The molecule has 122 valence electrons. The normalized spacial score (nSPS) is 10.7. The highest BCUT2D eigenvalue weighted by atomic mass is 28.2. The summed E-state index contributed by atoms with van der Waals surface area (Å²) in [6.45, 7) is 0. The lowest BCUT2D eigenvalue weighted by molar-refractivity contribution is 0.625. The molecule has 0 fully saturated rings. The molecular formula is C18H22F2N2Si. The van der Waals surface area contributed by atoms with Gasteiger partial charge in [0.2, 0.25) is 0 Å². The molecule has 0 atom stereocenters. The Kier molecular flexibility index (Phi) is 5.77. The lowest BCUT2D eigenvalue weighted by Crippen LogP contribution is -2.12. The highest BCUT2D eigenvalue weighted by Crippen LogP contribution is 2.20. The molecular weight excluding hydrogens is 310 g/mol. The van der Waals surface area contributed by atoms with Crippen molar-refractivity contribution >= 4 is 20.9 Å². The van der Waals surface area contributed by atoms with Crippen molar-refractivity contribution in [1.82, 2.24) is 0 Å². The molecule has 0 N–H and O–H groups in total. The van der Waals surface area contributed by atoms with Crippen molar-refractivity contribution in [3.05, 3.63) is 59.2 Å². The molecule has 0 aliphatic rings. The van der Waals surface area contributed by atoms with Gasteiger partial charge in [-0.1, -0.05) is 12.1 Å². The average Bonchev–Trinajstić information content (AvgIpc) is 2.50. The molecule has 2 nitrogen and oxygen atoms in total. The Bertz CT molecular complexity index is 615. The van der Waals surface area contributed by atoms with Crippen LogP contribution in [0.25, 0.3) is 0 Å². The molecule has 0 saturated heterocycles. The molecule has 2 aromatic rings. The van der Waals surface area contributed by atoms with Crippen LogP contribution >= 0.6 is 0 Å². The molecule has 0 bridgehead atoms. The van der Waals surface area contributed by atoms with E-state index in [1.165, 1.54) is 12.1 Å². The Morgan fingerprint density at radius 1 is 0.739 bits per heavy atom. The summed E-state index contributed by atoms with van der Waals surface area (Å²) >= 11 is 0. The van der Waals surface area contributed by atoms with Gasteiger partial charge >= 0.3 is 0 Å². The topological polar surface area (TPSA) is 6.48 Å². The maximum Gasteiger partial charge on any atom is 0.146 e. The first kappa shape index (κ1) is 17.5. The summed E-state index contributed by atoms with van der Waals surface area (Å²) in [5.41, 5.74) is 3.49. The third-order valence-corrected chi connectivity index (χ3v) is 4.96. The molecule has 0 unspecified atom stereocenters. The lowest BCUT2D eigenvalue weighted by atomic mass is 10.2. The summed E-state index contributed by atoms with van der Waals surface area (Å²) in [7, 11) is 8.03. The minimum absolute atomic E-state index is 0.198. The van der Waals surface area contributed by atoms with Crippen LogP contribution in [0.1, 0.15) is 11.1 Å². The second-order valence-corrected chi connectivity index (χ2v) is 7.17. The van der Waals surface area contributed by atoms with Crippen LogP contribution in [0.5, 0.6) is 0 Å². The lowest BCUT2D eigenvalue weighted by Gasteiger charge is -2.15. The van der Waals surface area contributed by atoms with Crippen molar-refractivity contribution in [2.75, 3.05) is 38.0 Å². The van der Waals surface area contributed by atoms with Crippen LogP contribution in [0.4, 0.5) is 20.2 Å². The van der Waals surface area contributed by atoms with Crippen molar-refractivity contribution in [1.29, 1.82) is 0 Å². The van der Waals surface area contributed by atoms with Crippen LogP contribution in [0.3, 0.4) is 0 Å². The number of nitrogens with zero attached hydrogens (tertiary/aromatic N) is 2. The van der Waals surface area contributed by atoms with E-state index in [4.69, 9.17) is 0 Å². The zero-order valence-corrected chi connectivity index (χ0v) is 15.0. The van der Waals surface area contributed by atoms with Gasteiger partial charge in [-0.15, -0.1) is 0 Å². The first-order valence-corrected chi connectivity index (χ1v) is 8.92. The Hall–Kier alpha value is -1.88. The van der Waals surface area contributed by atoms with Gasteiger partial charge in [0.1, 0.15) is 11.6 Å². The van der Waals surface area contributed by atoms with Gasteiger partial charge in [0, 0.05) is 37.7 Å². The molecule has 0 aliphatic heterocycles. The average molecular weight is 332 g/mol. The zero-order valence-electron chi connectivity index (χ0n) is 14.0. The predicted octanol–water partition coefficient (Wildman–Crippen LogP) is 3.50. The fourth-order valence-corrected chi connectivity index (χ4v) is 3.52. The quantitative estimate of drug-likeness (QED) is 0.747. The van der Waals surface area contributed by atoms with Gasteiger partial charge in [0.05, 0.1) is 11.4 Å². The Balaban J connectivity index is 2.00. The summed E-state index contributed by atoms with van der Waals surface area (Å²) in [6, 6.07) is 12.3. The standard InChI is InChI=1S/C18H22F2N2Si/c1-21(2)17-9-13(5-7-15(17)19)11-23-12-14-6-8-16(20)18(10-14)22(3)4/h5-10H,11-12H2,1-4H3. The van der Waals surface area contributed by atoms with Gasteiger partial charge in [-0.2, -0.15) is 0 Å². The van der Waals surface area contributed by atoms with Crippen LogP contribution in [0.2, 0.25) is 0 Å². The minimum Gasteiger partial charge on any atom is -0.375 e. The van der Waals surface area contributed by atoms with Gasteiger partial charge in [-0.25, -0.2) is 8.78 Å². The van der Waals surface area contributed by atoms with Crippen LogP contribution in [-0.4, -0.2) is 37.7 Å². The molecule has 2 radical (unpaired) electrons. The van der Waals surface area contributed by atoms with E-state index >= 15 is 0 Å². The monoisotopic (exact) mass is 332 g/mol. The molecule has 0 saturated carbocycles. The summed E-state index contributed by atoms with van der Waals surface area (Å²) in [4.78, 5) is 3.57. The van der Waals surface area contributed by atoms with E-state index in [1.54, 1.807) is 9.80 Å². The first-order valence-electron chi connectivity index (χ1n) is 7.50. The highest BCUT2D eigenvalue weighted by Gasteiger charge is 2.08. The zero-order chi connectivity index (χ0) is 17.0. The fourth-order valence-electron chi connectivity index (χ4n) is 2.37. The first-order chi connectivity index (χ1) is 10.9. The van der Waals surface area contributed by atoms with E-state index in [0.717, 1.165) is 23.2 Å². The van der Waals surface area contributed by atoms with E-state index in [0.29, 0.717) is 20.9 Å². The van der Waals surface area contributed by atoms with E-state index < -0.39 is 0 Å². The molecule has 2 aromatic carbocycles. The predicted molar refractivity (Wildman–Crippen MR) is 94.6 cm³/mol. The van der Waals surface area contributed by atoms with Gasteiger partial charge in [0.25, 0.3) is 0 Å². The van der Waals surface area contributed by atoms with Crippen molar-refractivity contribution in [3.8, 4) is 0 Å². The van der Waals surface area contributed by atoms with Crippen molar-refractivity contribution in [2.24, 2.45) is 0 Å². The third-order valence-electron chi connectivity index (χ3n) is 3.64. The van der Waals surface area contributed by atoms with Crippen molar-refractivity contribution in [3.63, 3.8) is 0 Å². The summed E-state index contributed by atoms with van der Waals surface area (Å²) < 4.78 is 27.4. The molecule has 0 amide bonds. The maximum absolute atomic E-state index is 13.7. The fraction of sp³-hybridized carbons (Fsp3) is 0.333. The number of anilines is 2. The number of hydrogen-bond donors (Lipinski definition) is 0. The van der Waals surface area contributed by atoms with Gasteiger partial charge in [-0.05, 0) is 47.5 Å². The molecule has 5 heteroatoms. The summed E-state index contributed by atoms with van der Waals surface area (Å²) in [6.07, 6.45) is 0. The van der Waals surface area contributed by atoms with E-state index in [2.05, 4.69) is 0 Å². The number of hydrogen-bond acceptors (Lipinski definition) is 2. The highest BCUT2D eigenvalue weighted by molar-refractivity contribution is 6.34. The third kappa shape index (κ3) is 4.54. The van der Waals surface area contributed by atoms with Crippen LogP contribution in [0, 0.1) is 11.6 Å². The molecule has 0 aromatic heterocycles. The van der Waals surface area contributed by atoms with E-state index in [1.807, 2.05) is 52.5 Å². The van der Waals surface area contributed by atoms with E-state index in [-0.39, 0.29) is 11.6 Å². The Morgan fingerprint density at radius 3 is 1.48 bits per heavy atom. The van der Waals surface area contributed by atoms with Gasteiger partial charge in [0.15, 0.2) is 0 Å². The Morgan fingerprint density at radius 2 is 1.13 bits per heavy atom. The van der Waals surface area contributed by atoms with E-state index in [9.17, 15) is 8.78 Å². The van der Waals surface area contributed by atoms with Crippen LogP contribution in [0.15, 0.2) is 36.4 Å². The second kappa shape index (κ2) is 7.59. The molecule has 0 aliphatic carbocycles. The van der Waals surface area contributed by atoms with Crippen molar-refractivity contribution in [2.45, 2.75) is 12.1 Å². The summed E-state index contributed by atoms with van der Waals surface area (Å²) in [5, 5.41) is 0. The van der Waals surface area contributed by atoms with Crippen LogP contribution < -0.4 is 9.80 Å². The smallest absolute Gasteiger partial charge is 0.146 e. The SMILES string of the molecule is CN(C)c1cc(C[Si]Cc2ccc(F)c(N(C)C)c2)ccc1F. The number of halogens is 2.